The Labute approximate surface area is 266 Å². The zero-order valence-electron chi connectivity index (χ0n) is 26.5. The van der Waals surface area contributed by atoms with E-state index in [1.165, 1.54) is 44.3 Å². The summed E-state index contributed by atoms with van der Waals surface area (Å²) >= 11 is 0. The third-order valence-electron chi connectivity index (χ3n) is 9.04. The van der Waals surface area contributed by atoms with Crippen LogP contribution in [0.25, 0.3) is 32.8 Å². The molecule has 4 heteroatoms. The molecule has 1 heterocycles. The van der Waals surface area contributed by atoms with Crippen molar-refractivity contribution in [3.8, 4) is 11.3 Å². The number of fused-ring (bicyclic) bond motifs is 4. The van der Waals surface area contributed by atoms with E-state index in [4.69, 9.17) is 4.98 Å². The summed E-state index contributed by atoms with van der Waals surface area (Å²) in [4.78, 5) is 16.6. The number of hydrogen-bond donors (Lipinski definition) is 1. The molecule has 0 unspecified atom stereocenters. The maximum atomic E-state index is 11.7. The number of ketones is 1. The van der Waals surface area contributed by atoms with Crippen LogP contribution in [0.4, 0.5) is 0 Å². The van der Waals surface area contributed by atoms with Gasteiger partial charge in [0.2, 0.25) is 0 Å². The quantitative estimate of drug-likeness (QED) is 0.111. The minimum absolute atomic E-state index is 0. The van der Waals surface area contributed by atoms with Crippen molar-refractivity contribution in [2.45, 2.75) is 92.4 Å². The van der Waals surface area contributed by atoms with Crippen molar-refractivity contribution in [3.63, 3.8) is 0 Å². The van der Waals surface area contributed by atoms with Gasteiger partial charge in [0.1, 0.15) is 0 Å². The fourth-order valence-electron chi connectivity index (χ4n) is 6.31. The molecule has 1 radical (unpaired) electrons. The smallest absolute Gasteiger partial charge is 0.162 e. The largest absolute Gasteiger partial charge is 0.512 e. The Kier molecular flexibility index (Phi) is 11.3. The first-order valence-electron chi connectivity index (χ1n) is 15.4. The van der Waals surface area contributed by atoms with Crippen LogP contribution in [0.3, 0.4) is 0 Å². The van der Waals surface area contributed by atoms with Gasteiger partial charge in [-0.25, -0.2) is 0 Å². The standard InChI is InChI=1S/C25H22N.C13H24O2.Ir/c1-15(2)17-11-12-18-14-26-24-19-9-5-7-16-8-6-10-21(22(16)19)25(3,4)23(24)20(18)13-17;1-5-10(6-2)12(14)9-13(15)11(7-3)8-4;/h5-8,10-15H,1-4H3;9-11,14H,5-8H2,1-4H3;/q-1;;/b;12-9-;. The van der Waals surface area contributed by atoms with Crippen molar-refractivity contribution in [2.24, 2.45) is 11.8 Å². The predicted molar refractivity (Wildman–Crippen MR) is 174 cm³/mol. The third kappa shape index (κ3) is 6.41. The molecule has 0 atom stereocenters. The molecule has 1 aromatic heterocycles. The number of carbonyl (C=O) groups is 1. The fourth-order valence-corrected chi connectivity index (χ4v) is 6.31. The molecule has 4 aromatic rings. The van der Waals surface area contributed by atoms with Crippen LogP contribution in [-0.2, 0) is 30.3 Å². The summed E-state index contributed by atoms with van der Waals surface area (Å²) in [7, 11) is 0. The SMILES string of the molecule is CC(C)c1ccc2cnc3c(c2c1)C(C)(C)c1cccc2cc[c-]c-3c12.CCC(CC)C(=O)/C=C(\O)C(CC)CC.[Ir]. The van der Waals surface area contributed by atoms with Gasteiger partial charge in [0, 0.05) is 49.6 Å². The van der Waals surface area contributed by atoms with E-state index in [1.54, 1.807) is 0 Å². The van der Waals surface area contributed by atoms with Crippen LogP contribution < -0.4 is 0 Å². The van der Waals surface area contributed by atoms with Gasteiger partial charge in [0.15, 0.2) is 5.78 Å². The number of aliphatic hydroxyl groups is 1. The van der Waals surface area contributed by atoms with Crippen molar-refractivity contribution in [1.82, 2.24) is 4.98 Å². The summed E-state index contributed by atoms with van der Waals surface area (Å²) in [5.41, 5.74) is 6.22. The van der Waals surface area contributed by atoms with E-state index in [1.807, 2.05) is 40.0 Å². The van der Waals surface area contributed by atoms with Crippen LogP contribution >= 0.6 is 0 Å². The Bertz CT molecular complexity index is 1570. The first-order chi connectivity index (χ1) is 19.6. The summed E-state index contributed by atoms with van der Waals surface area (Å²) in [5.74, 6) is 1.06. The molecule has 0 aliphatic heterocycles. The number of aromatic nitrogens is 1. The number of allylic oxidation sites excluding steroid dienone is 2. The predicted octanol–water partition coefficient (Wildman–Crippen LogP) is 10.5. The second-order valence-corrected chi connectivity index (χ2v) is 12.2. The number of benzene rings is 3. The first kappa shape index (κ1) is 33.7. The molecule has 0 spiro atoms. The molecule has 0 saturated heterocycles. The molecular weight excluding hydrogens is 695 g/mol. The van der Waals surface area contributed by atoms with Crippen LogP contribution in [0.5, 0.6) is 0 Å². The van der Waals surface area contributed by atoms with E-state index < -0.39 is 0 Å². The number of aliphatic hydroxyl groups excluding tert-OH is 1. The Morgan fingerprint density at radius 2 is 1.62 bits per heavy atom. The molecule has 225 valence electrons. The van der Waals surface area contributed by atoms with Gasteiger partial charge in [-0.3, -0.25) is 4.79 Å². The Morgan fingerprint density at radius 1 is 0.952 bits per heavy atom. The van der Waals surface area contributed by atoms with Gasteiger partial charge >= 0.3 is 0 Å². The molecule has 0 fully saturated rings. The van der Waals surface area contributed by atoms with Crippen molar-refractivity contribution in [3.05, 3.63) is 89.3 Å². The Hall–Kier alpha value is -2.81. The topological polar surface area (TPSA) is 50.2 Å². The minimum Gasteiger partial charge on any atom is -0.512 e. The summed E-state index contributed by atoms with van der Waals surface area (Å²) in [6, 6.07) is 21.1. The molecule has 0 amide bonds. The van der Waals surface area contributed by atoms with Crippen LogP contribution in [-0.4, -0.2) is 15.9 Å². The van der Waals surface area contributed by atoms with Crippen molar-refractivity contribution in [2.75, 3.05) is 0 Å². The van der Waals surface area contributed by atoms with Crippen LogP contribution in [0.15, 0.2) is 66.6 Å². The average Bonchev–Trinajstić information content (AvgIpc) is 2.96. The number of carbonyl (C=O) groups excluding carboxylic acids is 1. The third-order valence-corrected chi connectivity index (χ3v) is 9.04. The van der Waals surface area contributed by atoms with Crippen molar-refractivity contribution >= 4 is 27.3 Å². The number of pyridine rings is 1. The fraction of sp³-hybridized carbons (Fsp3) is 0.421. The molecular formula is C38H46IrNO2-. The molecule has 3 nitrogen and oxygen atoms in total. The molecule has 0 bridgehead atoms. The normalized spacial score (nSPS) is 13.6. The Morgan fingerprint density at radius 3 is 2.24 bits per heavy atom. The van der Waals surface area contributed by atoms with Gasteiger partial charge in [0.25, 0.3) is 0 Å². The monoisotopic (exact) mass is 741 g/mol. The molecule has 42 heavy (non-hydrogen) atoms. The summed E-state index contributed by atoms with van der Waals surface area (Å²) < 4.78 is 0. The van der Waals surface area contributed by atoms with E-state index in [-0.39, 0.29) is 48.9 Å². The number of rotatable bonds is 8. The van der Waals surface area contributed by atoms with E-state index in [0.29, 0.717) is 5.92 Å². The van der Waals surface area contributed by atoms with Gasteiger partial charge in [0.05, 0.1) is 5.76 Å². The van der Waals surface area contributed by atoms with Crippen LogP contribution in [0.2, 0.25) is 0 Å². The molecule has 1 N–H and O–H groups in total. The zero-order valence-corrected chi connectivity index (χ0v) is 28.9. The molecule has 3 aromatic carbocycles. The number of nitrogens with zero attached hydrogens (tertiary/aromatic N) is 1. The summed E-state index contributed by atoms with van der Waals surface area (Å²) in [6.07, 6.45) is 6.93. The molecule has 1 aliphatic carbocycles. The van der Waals surface area contributed by atoms with E-state index >= 15 is 0 Å². The Balaban J connectivity index is 0.000000263. The van der Waals surface area contributed by atoms with Crippen LogP contribution in [0, 0.1) is 17.9 Å². The van der Waals surface area contributed by atoms with E-state index in [2.05, 4.69) is 76.2 Å². The maximum Gasteiger partial charge on any atom is 0.162 e. The van der Waals surface area contributed by atoms with E-state index in [9.17, 15) is 9.90 Å². The number of hydrogen-bond acceptors (Lipinski definition) is 3. The van der Waals surface area contributed by atoms with Gasteiger partial charge in [-0.1, -0.05) is 103 Å². The molecule has 5 rings (SSSR count). The van der Waals surface area contributed by atoms with Gasteiger partial charge in [-0.2, -0.15) is 0 Å². The minimum atomic E-state index is -0.0981. The van der Waals surface area contributed by atoms with Crippen molar-refractivity contribution < 1.29 is 30.0 Å². The van der Waals surface area contributed by atoms with Crippen LogP contribution in [0.1, 0.15) is 104 Å². The van der Waals surface area contributed by atoms with E-state index in [0.717, 1.165) is 36.9 Å². The van der Waals surface area contributed by atoms with Gasteiger partial charge in [-0.05, 0) is 59.2 Å². The summed E-state index contributed by atoms with van der Waals surface area (Å²) in [6.45, 7) is 17.2. The average molecular weight is 741 g/mol. The second-order valence-electron chi connectivity index (χ2n) is 12.2. The second kappa shape index (κ2) is 14.1. The molecule has 1 aliphatic rings. The van der Waals surface area contributed by atoms with Crippen molar-refractivity contribution in [1.29, 1.82) is 0 Å². The molecule has 0 saturated carbocycles. The zero-order chi connectivity index (χ0) is 29.9. The maximum absolute atomic E-state index is 11.7. The summed E-state index contributed by atoms with van der Waals surface area (Å²) in [5, 5.41) is 14.9. The van der Waals surface area contributed by atoms with Gasteiger partial charge < -0.3 is 10.1 Å². The van der Waals surface area contributed by atoms with Gasteiger partial charge in [-0.15, -0.1) is 29.1 Å². The first-order valence-corrected chi connectivity index (χ1v) is 15.4.